The molecule has 10 heteroatoms. The van der Waals surface area contributed by atoms with Crippen molar-refractivity contribution in [1.29, 1.82) is 0 Å². The molecule has 2 amide bonds. The van der Waals surface area contributed by atoms with Crippen molar-refractivity contribution in [2.75, 3.05) is 6.54 Å². The third-order valence-electron chi connectivity index (χ3n) is 5.41. The van der Waals surface area contributed by atoms with Crippen molar-refractivity contribution in [1.82, 2.24) is 20.0 Å². The summed E-state index contributed by atoms with van der Waals surface area (Å²) in [4.78, 5) is 28.0. The molecule has 0 aliphatic carbocycles. The highest BCUT2D eigenvalue weighted by Crippen LogP contribution is 2.33. The third-order valence-corrected chi connectivity index (χ3v) is 6.29. The van der Waals surface area contributed by atoms with Gasteiger partial charge in [-0.3, -0.25) is 14.3 Å². The van der Waals surface area contributed by atoms with Crippen molar-refractivity contribution in [3.8, 4) is 0 Å². The molecule has 1 N–H and O–H groups in total. The van der Waals surface area contributed by atoms with Gasteiger partial charge in [0, 0.05) is 24.7 Å². The lowest BCUT2D eigenvalue weighted by molar-refractivity contribution is -0.143. The largest absolute Gasteiger partial charge is 0.363 e. The molecule has 0 saturated carbocycles. The zero-order valence-electron chi connectivity index (χ0n) is 15.9. The summed E-state index contributed by atoms with van der Waals surface area (Å²) >= 11 is 1.57. The van der Waals surface area contributed by atoms with Gasteiger partial charge in [-0.25, -0.2) is 8.78 Å². The highest BCUT2D eigenvalue weighted by Gasteiger charge is 2.44. The number of aromatic nitrogens is 2. The molecule has 2 aliphatic rings. The van der Waals surface area contributed by atoms with Crippen LogP contribution in [0.25, 0.3) is 0 Å². The maximum atomic E-state index is 13.2. The molecule has 0 spiro atoms. The number of rotatable bonds is 5. The number of fused-ring (bicyclic) bond motifs is 1. The number of halogens is 2. The topological polar surface area (TPSA) is 76.5 Å². The fourth-order valence-corrected chi connectivity index (χ4v) is 4.70. The molecule has 3 atom stereocenters. The second-order valence-corrected chi connectivity index (χ2v) is 8.33. The highest BCUT2D eigenvalue weighted by molar-refractivity contribution is 7.09. The lowest BCUT2D eigenvalue weighted by Gasteiger charge is -2.35. The molecule has 156 valence electrons. The summed E-state index contributed by atoms with van der Waals surface area (Å²) in [7, 11) is 1.51. The summed E-state index contributed by atoms with van der Waals surface area (Å²) < 4.78 is 33.6. The number of alkyl halides is 2. The number of nitrogens with zero attached hydrogens (tertiary/aromatic N) is 3. The zero-order chi connectivity index (χ0) is 20.5. The molecule has 29 heavy (non-hydrogen) atoms. The van der Waals surface area contributed by atoms with Crippen molar-refractivity contribution in [2.24, 2.45) is 7.05 Å². The third kappa shape index (κ3) is 4.04. The molecule has 0 unspecified atom stereocenters. The number of thiophene rings is 1. The van der Waals surface area contributed by atoms with Gasteiger partial charge in [0.15, 0.2) is 0 Å². The van der Waals surface area contributed by atoms with Gasteiger partial charge in [-0.05, 0) is 30.7 Å². The maximum absolute atomic E-state index is 13.2. The Morgan fingerprint density at radius 3 is 2.93 bits per heavy atom. The number of aryl methyl sites for hydroxylation is 1. The first-order valence-electron chi connectivity index (χ1n) is 9.52. The van der Waals surface area contributed by atoms with Crippen LogP contribution in [0.1, 0.15) is 46.6 Å². The summed E-state index contributed by atoms with van der Waals surface area (Å²) in [5, 5.41) is 8.56. The smallest absolute Gasteiger partial charge is 0.282 e. The summed E-state index contributed by atoms with van der Waals surface area (Å²) in [6.45, 7) is 0.877. The van der Waals surface area contributed by atoms with Gasteiger partial charge in [-0.1, -0.05) is 6.07 Å². The maximum Gasteiger partial charge on any atom is 0.282 e. The fraction of sp³-hybridized carbons (Fsp3) is 0.526. The molecule has 2 aromatic heterocycles. The van der Waals surface area contributed by atoms with Gasteiger partial charge in [0.05, 0.1) is 24.3 Å². The molecular formula is C19H22F2N4O3S. The highest BCUT2D eigenvalue weighted by atomic mass is 32.1. The minimum absolute atomic E-state index is 0.0704. The van der Waals surface area contributed by atoms with Crippen molar-refractivity contribution >= 4 is 23.2 Å². The second-order valence-electron chi connectivity index (χ2n) is 7.29. The first-order chi connectivity index (χ1) is 13.9. The number of hydrogen-bond acceptors (Lipinski definition) is 5. The van der Waals surface area contributed by atoms with Crippen LogP contribution in [0.4, 0.5) is 8.78 Å². The standard InChI is InChI=1S/C19H22F2N4O3S/c1-24-10-12(16(23-24)17(20)21)19(27)25-7-6-14-13(25)4-5-15(28-14)18(26)22-9-11-3-2-8-29-11/h2-3,8,10,13-15,17H,4-7,9H2,1H3,(H,22,26)/t13-,14-,15+/m1/s1. The predicted octanol–water partition coefficient (Wildman–Crippen LogP) is 2.50. The molecule has 0 aromatic carbocycles. The number of nitrogens with one attached hydrogen (secondary N) is 1. The molecule has 2 fully saturated rings. The average molecular weight is 424 g/mol. The summed E-state index contributed by atoms with van der Waals surface area (Å²) in [6, 6.07) is 3.67. The molecule has 0 bridgehead atoms. The van der Waals surface area contributed by atoms with Crippen LogP contribution in [0.3, 0.4) is 0 Å². The lowest BCUT2D eigenvalue weighted by Crippen LogP contribution is -2.49. The van der Waals surface area contributed by atoms with Gasteiger partial charge in [0.1, 0.15) is 11.8 Å². The van der Waals surface area contributed by atoms with Crippen molar-refractivity contribution in [3.05, 3.63) is 39.8 Å². The minimum Gasteiger partial charge on any atom is -0.363 e. The van der Waals surface area contributed by atoms with E-state index >= 15 is 0 Å². The first-order valence-corrected chi connectivity index (χ1v) is 10.4. The average Bonchev–Trinajstić information content (AvgIpc) is 3.44. The summed E-state index contributed by atoms with van der Waals surface area (Å²) in [5.74, 6) is -0.612. The molecular weight excluding hydrogens is 402 g/mol. The molecule has 2 aliphatic heterocycles. The second kappa shape index (κ2) is 8.19. The van der Waals surface area contributed by atoms with Crippen LogP contribution >= 0.6 is 11.3 Å². The van der Waals surface area contributed by atoms with Crippen LogP contribution in [0.2, 0.25) is 0 Å². The predicted molar refractivity (Wildman–Crippen MR) is 102 cm³/mol. The number of likely N-dealkylation sites (tertiary alicyclic amines) is 1. The van der Waals surface area contributed by atoms with Crippen LogP contribution in [0.15, 0.2) is 23.7 Å². The Balaban J connectivity index is 1.38. The van der Waals surface area contributed by atoms with E-state index in [4.69, 9.17) is 4.74 Å². The summed E-state index contributed by atoms with van der Waals surface area (Å²) in [5.41, 5.74) is -0.567. The van der Waals surface area contributed by atoms with Gasteiger partial charge in [-0.15, -0.1) is 11.3 Å². The van der Waals surface area contributed by atoms with Crippen LogP contribution in [-0.2, 0) is 23.1 Å². The van der Waals surface area contributed by atoms with Gasteiger partial charge in [-0.2, -0.15) is 5.10 Å². The summed E-state index contributed by atoms with van der Waals surface area (Å²) in [6.07, 6.45) is -0.643. The normalized spacial score (nSPS) is 24.0. The number of carbonyl (C=O) groups is 2. The van der Waals surface area contributed by atoms with Crippen LogP contribution in [-0.4, -0.2) is 51.3 Å². The molecule has 4 heterocycles. The Kier molecular flexibility index (Phi) is 5.64. The van der Waals surface area contributed by atoms with Gasteiger partial charge in [0.2, 0.25) is 5.91 Å². The van der Waals surface area contributed by atoms with E-state index in [0.29, 0.717) is 32.4 Å². The van der Waals surface area contributed by atoms with E-state index in [9.17, 15) is 18.4 Å². The molecule has 7 nitrogen and oxygen atoms in total. The van der Waals surface area contributed by atoms with Crippen LogP contribution in [0, 0.1) is 0 Å². The fourth-order valence-electron chi connectivity index (χ4n) is 4.06. The number of amides is 2. The number of hydrogen-bond donors (Lipinski definition) is 1. The van der Waals surface area contributed by atoms with Crippen molar-refractivity contribution < 1.29 is 23.1 Å². The molecule has 2 aromatic rings. The Labute approximate surface area is 170 Å². The van der Waals surface area contributed by atoms with E-state index in [1.54, 1.807) is 16.2 Å². The van der Waals surface area contributed by atoms with Crippen molar-refractivity contribution in [3.63, 3.8) is 0 Å². The van der Waals surface area contributed by atoms with Crippen LogP contribution < -0.4 is 5.32 Å². The van der Waals surface area contributed by atoms with E-state index in [2.05, 4.69) is 10.4 Å². The monoisotopic (exact) mass is 424 g/mol. The molecule has 0 radical (unpaired) electrons. The van der Waals surface area contributed by atoms with E-state index in [1.165, 1.54) is 17.9 Å². The van der Waals surface area contributed by atoms with Crippen molar-refractivity contribution in [2.45, 2.75) is 50.5 Å². The first kappa shape index (κ1) is 20.0. The Morgan fingerprint density at radius 1 is 1.38 bits per heavy atom. The molecule has 2 saturated heterocycles. The molecule has 4 rings (SSSR count). The van der Waals surface area contributed by atoms with E-state index in [1.807, 2.05) is 17.5 Å². The lowest BCUT2D eigenvalue weighted by atomic mass is 9.98. The van der Waals surface area contributed by atoms with Crippen LogP contribution in [0.5, 0.6) is 0 Å². The van der Waals surface area contributed by atoms with E-state index < -0.39 is 24.1 Å². The Bertz CT molecular complexity index is 886. The van der Waals surface area contributed by atoms with E-state index in [0.717, 1.165) is 4.88 Å². The van der Waals surface area contributed by atoms with Gasteiger partial charge >= 0.3 is 0 Å². The van der Waals surface area contributed by atoms with E-state index in [-0.39, 0.29) is 23.6 Å². The van der Waals surface area contributed by atoms with Gasteiger partial charge < -0.3 is 15.0 Å². The Morgan fingerprint density at radius 2 is 2.21 bits per heavy atom. The SMILES string of the molecule is Cn1cc(C(=O)N2CC[C@H]3O[C@H](C(=O)NCc4cccs4)CC[C@H]32)c(C(F)F)n1. The zero-order valence-corrected chi connectivity index (χ0v) is 16.7. The quantitative estimate of drug-likeness (QED) is 0.800. The number of carbonyl (C=O) groups excluding carboxylic acids is 2. The minimum atomic E-state index is -2.81. The Hall–Kier alpha value is -2.33. The van der Waals surface area contributed by atoms with Gasteiger partial charge in [0.25, 0.3) is 12.3 Å². The number of ether oxygens (including phenoxy) is 1.